The van der Waals surface area contributed by atoms with Crippen LogP contribution in [-0.4, -0.2) is 43.0 Å². The van der Waals surface area contributed by atoms with Gasteiger partial charge in [-0.15, -0.1) is 0 Å². The molecular weight excluding hydrogens is 368 g/mol. The van der Waals surface area contributed by atoms with E-state index in [1.165, 1.54) is 6.08 Å². The molecule has 2 amide bonds. The molecule has 0 saturated carbocycles. The highest BCUT2D eigenvalue weighted by molar-refractivity contribution is 6.03. The normalized spacial score (nSPS) is 13.0. The van der Waals surface area contributed by atoms with Crippen molar-refractivity contribution >= 4 is 23.6 Å². The second-order valence-electron chi connectivity index (χ2n) is 6.64. The van der Waals surface area contributed by atoms with E-state index in [1.807, 2.05) is 32.0 Å². The van der Waals surface area contributed by atoms with E-state index in [9.17, 15) is 9.59 Å². The zero-order valence-electron chi connectivity index (χ0n) is 16.8. The summed E-state index contributed by atoms with van der Waals surface area (Å²) in [6.07, 6.45) is 4.02. The lowest BCUT2D eigenvalue weighted by Crippen LogP contribution is -2.30. The zero-order chi connectivity index (χ0) is 20.6. The van der Waals surface area contributed by atoms with E-state index in [2.05, 4.69) is 5.32 Å². The van der Waals surface area contributed by atoms with Gasteiger partial charge in [-0.25, -0.2) is 0 Å². The Bertz CT molecular complexity index is 904. The lowest BCUT2D eigenvalue weighted by atomic mass is 10.1. The summed E-state index contributed by atoms with van der Waals surface area (Å²) in [5.41, 5.74) is 1.98. The minimum Gasteiger partial charge on any atom is -0.490 e. The summed E-state index contributed by atoms with van der Waals surface area (Å²) in [6.45, 7) is 6.42. The highest BCUT2D eigenvalue weighted by Crippen LogP contribution is 2.30. The standard InChI is InChI=1S/C23H26N2O4/c1-3-25(4-2)23(27)18-7-5-8-19(16-18)24-22(26)12-10-17-9-11-20-21(15-17)29-14-6-13-28-20/h5,7-12,15-16H,3-4,6,13-14H2,1-2H3,(H,24,26)/b12-10+. The summed E-state index contributed by atoms with van der Waals surface area (Å²) in [7, 11) is 0. The summed E-state index contributed by atoms with van der Waals surface area (Å²) in [4.78, 5) is 26.5. The molecule has 152 valence electrons. The van der Waals surface area contributed by atoms with Crippen LogP contribution in [0.15, 0.2) is 48.5 Å². The van der Waals surface area contributed by atoms with Gasteiger partial charge in [-0.1, -0.05) is 12.1 Å². The van der Waals surface area contributed by atoms with Crippen molar-refractivity contribution in [3.05, 3.63) is 59.7 Å². The molecule has 0 aliphatic carbocycles. The number of carbonyl (C=O) groups is 2. The van der Waals surface area contributed by atoms with Crippen molar-refractivity contribution in [3.63, 3.8) is 0 Å². The van der Waals surface area contributed by atoms with Crippen LogP contribution in [0, 0.1) is 0 Å². The molecule has 0 atom stereocenters. The van der Waals surface area contributed by atoms with Crippen LogP contribution in [0.1, 0.15) is 36.2 Å². The molecule has 0 unspecified atom stereocenters. The Morgan fingerprint density at radius 1 is 1.03 bits per heavy atom. The van der Waals surface area contributed by atoms with Crippen LogP contribution in [0.25, 0.3) is 6.08 Å². The summed E-state index contributed by atoms with van der Waals surface area (Å²) in [6, 6.07) is 12.6. The SMILES string of the molecule is CCN(CC)C(=O)c1cccc(NC(=O)/C=C/c2ccc3c(c2)OCCCO3)c1. The average Bonchev–Trinajstić information content (AvgIpc) is 2.98. The summed E-state index contributed by atoms with van der Waals surface area (Å²) >= 11 is 0. The lowest BCUT2D eigenvalue weighted by Gasteiger charge is -2.18. The number of hydrogen-bond acceptors (Lipinski definition) is 4. The van der Waals surface area contributed by atoms with Crippen molar-refractivity contribution in [3.8, 4) is 11.5 Å². The Balaban J connectivity index is 1.66. The zero-order valence-corrected chi connectivity index (χ0v) is 16.8. The van der Waals surface area contributed by atoms with Gasteiger partial charge in [-0.2, -0.15) is 0 Å². The molecule has 6 nitrogen and oxygen atoms in total. The number of amides is 2. The van der Waals surface area contributed by atoms with Crippen LogP contribution >= 0.6 is 0 Å². The first-order chi connectivity index (χ1) is 14.1. The van der Waals surface area contributed by atoms with Crippen LogP contribution in [-0.2, 0) is 4.79 Å². The third-order valence-electron chi connectivity index (χ3n) is 4.63. The van der Waals surface area contributed by atoms with Gasteiger partial charge < -0.3 is 19.7 Å². The molecule has 1 N–H and O–H groups in total. The Kier molecular flexibility index (Phi) is 6.89. The Morgan fingerprint density at radius 3 is 2.55 bits per heavy atom. The van der Waals surface area contributed by atoms with Crippen molar-refractivity contribution in [2.75, 3.05) is 31.6 Å². The minimum atomic E-state index is -0.274. The molecule has 2 aromatic carbocycles. The largest absolute Gasteiger partial charge is 0.490 e. The fourth-order valence-corrected chi connectivity index (χ4v) is 3.06. The van der Waals surface area contributed by atoms with Crippen molar-refractivity contribution < 1.29 is 19.1 Å². The van der Waals surface area contributed by atoms with Crippen LogP contribution in [0.2, 0.25) is 0 Å². The predicted octanol–water partition coefficient (Wildman–Crippen LogP) is 3.98. The molecule has 1 aliphatic rings. The van der Waals surface area contributed by atoms with Gasteiger partial charge in [-0.05, 0) is 55.8 Å². The molecule has 6 heteroatoms. The summed E-state index contributed by atoms with van der Waals surface area (Å²) < 4.78 is 11.3. The quantitative estimate of drug-likeness (QED) is 0.753. The second-order valence-corrected chi connectivity index (χ2v) is 6.64. The van der Waals surface area contributed by atoms with Gasteiger partial charge in [0, 0.05) is 36.8 Å². The van der Waals surface area contributed by atoms with Crippen molar-refractivity contribution in [1.82, 2.24) is 4.90 Å². The summed E-state index contributed by atoms with van der Waals surface area (Å²) in [5, 5.41) is 2.80. The lowest BCUT2D eigenvalue weighted by molar-refractivity contribution is -0.111. The van der Waals surface area contributed by atoms with E-state index in [0.29, 0.717) is 43.3 Å². The average molecular weight is 394 g/mol. The molecule has 2 aromatic rings. The Labute approximate surface area is 171 Å². The van der Waals surface area contributed by atoms with Crippen molar-refractivity contribution in [2.24, 2.45) is 0 Å². The number of carbonyl (C=O) groups excluding carboxylic acids is 2. The van der Waals surface area contributed by atoms with E-state index in [-0.39, 0.29) is 11.8 Å². The maximum Gasteiger partial charge on any atom is 0.253 e. The number of benzene rings is 2. The first-order valence-corrected chi connectivity index (χ1v) is 9.88. The van der Waals surface area contributed by atoms with Crippen LogP contribution in [0.3, 0.4) is 0 Å². The van der Waals surface area contributed by atoms with Gasteiger partial charge in [0.1, 0.15) is 0 Å². The van der Waals surface area contributed by atoms with E-state index in [0.717, 1.165) is 17.7 Å². The molecule has 0 radical (unpaired) electrons. The Morgan fingerprint density at radius 2 is 1.79 bits per heavy atom. The molecule has 0 saturated heterocycles. The number of ether oxygens (including phenoxy) is 2. The molecule has 0 aromatic heterocycles. The first kappa shape index (κ1) is 20.5. The molecule has 3 rings (SSSR count). The molecular formula is C23H26N2O4. The second kappa shape index (κ2) is 9.78. The number of anilines is 1. The molecule has 0 spiro atoms. The number of hydrogen-bond donors (Lipinski definition) is 1. The highest BCUT2D eigenvalue weighted by Gasteiger charge is 2.13. The smallest absolute Gasteiger partial charge is 0.253 e. The molecule has 0 bridgehead atoms. The monoisotopic (exact) mass is 394 g/mol. The van der Waals surface area contributed by atoms with Crippen molar-refractivity contribution in [1.29, 1.82) is 0 Å². The third kappa shape index (κ3) is 5.38. The van der Waals surface area contributed by atoms with Crippen molar-refractivity contribution in [2.45, 2.75) is 20.3 Å². The number of fused-ring (bicyclic) bond motifs is 1. The van der Waals surface area contributed by atoms with E-state index >= 15 is 0 Å². The fourth-order valence-electron chi connectivity index (χ4n) is 3.06. The highest BCUT2D eigenvalue weighted by atomic mass is 16.5. The number of nitrogens with zero attached hydrogens (tertiary/aromatic N) is 1. The van der Waals surface area contributed by atoms with Gasteiger partial charge >= 0.3 is 0 Å². The van der Waals surface area contributed by atoms with Crippen LogP contribution < -0.4 is 14.8 Å². The minimum absolute atomic E-state index is 0.0474. The van der Waals surface area contributed by atoms with Gasteiger partial charge in [0.05, 0.1) is 13.2 Å². The predicted molar refractivity (Wildman–Crippen MR) is 113 cm³/mol. The maximum atomic E-state index is 12.5. The van der Waals surface area contributed by atoms with E-state index in [1.54, 1.807) is 35.2 Å². The molecule has 1 aliphatic heterocycles. The topological polar surface area (TPSA) is 67.9 Å². The third-order valence-corrected chi connectivity index (χ3v) is 4.63. The maximum absolute atomic E-state index is 12.5. The van der Waals surface area contributed by atoms with Gasteiger partial charge in [0.15, 0.2) is 11.5 Å². The van der Waals surface area contributed by atoms with Gasteiger partial charge in [0.25, 0.3) is 5.91 Å². The van der Waals surface area contributed by atoms with Crippen LogP contribution in [0.5, 0.6) is 11.5 Å². The fraction of sp³-hybridized carbons (Fsp3) is 0.304. The number of rotatable bonds is 6. The molecule has 1 heterocycles. The van der Waals surface area contributed by atoms with E-state index < -0.39 is 0 Å². The van der Waals surface area contributed by atoms with Crippen LogP contribution in [0.4, 0.5) is 5.69 Å². The van der Waals surface area contributed by atoms with E-state index in [4.69, 9.17) is 9.47 Å². The molecule has 0 fully saturated rings. The van der Waals surface area contributed by atoms with Gasteiger partial charge in [0.2, 0.25) is 5.91 Å². The number of nitrogens with one attached hydrogen (secondary N) is 1. The van der Waals surface area contributed by atoms with Gasteiger partial charge in [-0.3, -0.25) is 9.59 Å². The Hall–Kier alpha value is -3.28. The summed E-state index contributed by atoms with van der Waals surface area (Å²) in [5.74, 6) is 1.09. The first-order valence-electron chi connectivity index (χ1n) is 9.88. The molecule has 29 heavy (non-hydrogen) atoms.